The number of halogens is 1. The highest BCUT2D eigenvalue weighted by Gasteiger charge is 2.12. The second-order valence-corrected chi connectivity index (χ2v) is 3.54. The molecule has 0 aliphatic heterocycles. The molecule has 0 amide bonds. The molecule has 1 aromatic heterocycles. The summed E-state index contributed by atoms with van der Waals surface area (Å²) in [5.41, 5.74) is 1.50. The predicted octanol–water partition coefficient (Wildman–Crippen LogP) is 2.79. The summed E-state index contributed by atoms with van der Waals surface area (Å²) in [5, 5.41) is 0.807. The van der Waals surface area contributed by atoms with E-state index in [0.717, 1.165) is 5.39 Å². The molecule has 0 unspecified atom stereocenters. The van der Waals surface area contributed by atoms with E-state index in [2.05, 4.69) is 4.98 Å². The van der Waals surface area contributed by atoms with E-state index in [1.54, 1.807) is 26.0 Å². The lowest BCUT2D eigenvalue weighted by atomic mass is 10.1. The van der Waals surface area contributed by atoms with Crippen molar-refractivity contribution in [2.45, 2.75) is 13.8 Å². The molecular weight excluding hydrogens is 209 g/mol. The van der Waals surface area contributed by atoms with Crippen LogP contribution in [0.25, 0.3) is 10.9 Å². The zero-order valence-electron chi connectivity index (χ0n) is 9.13. The fourth-order valence-electron chi connectivity index (χ4n) is 1.64. The number of hydrogen-bond acceptors (Lipinski definition) is 2. The second-order valence-electron chi connectivity index (χ2n) is 3.54. The largest absolute Gasteiger partial charge is 0.461 e. The van der Waals surface area contributed by atoms with Gasteiger partial charge in [-0.05, 0) is 32.0 Å². The first-order valence-electron chi connectivity index (χ1n) is 5.08. The van der Waals surface area contributed by atoms with Crippen LogP contribution in [0.4, 0.5) is 4.39 Å². The highest BCUT2D eigenvalue weighted by Crippen LogP contribution is 2.21. The summed E-state index contributed by atoms with van der Waals surface area (Å²) in [6, 6.07) is 4.69. The van der Waals surface area contributed by atoms with Crippen molar-refractivity contribution in [2.24, 2.45) is 0 Å². The summed E-state index contributed by atoms with van der Waals surface area (Å²) in [6.07, 6.45) is 0. The van der Waals surface area contributed by atoms with Crippen molar-refractivity contribution in [2.75, 3.05) is 6.61 Å². The zero-order chi connectivity index (χ0) is 11.7. The Balaban J connectivity index is 2.52. The maximum absolute atomic E-state index is 13.3. The Bertz CT molecular complexity index is 545. The highest BCUT2D eigenvalue weighted by molar-refractivity contribution is 5.95. The summed E-state index contributed by atoms with van der Waals surface area (Å²) in [5.74, 6) is -0.705. The van der Waals surface area contributed by atoms with Crippen LogP contribution in [0.15, 0.2) is 18.2 Å². The van der Waals surface area contributed by atoms with E-state index in [9.17, 15) is 9.18 Å². The monoisotopic (exact) mass is 221 g/mol. The number of esters is 1. The molecule has 0 aliphatic rings. The number of aromatic nitrogens is 1. The number of carbonyl (C=O) groups is 1. The molecule has 3 nitrogen and oxygen atoms in total. The van der Waals surface area contributed by atoms with Gasteiger partial charge in [-0.15, -0.1) is 0 Å². The van der Waals surface area contributed by atoms with Gasteiger partial charge in [0.1, 0.15) is 11.5 Å². The van der Waals surface area contributed by atoms with Gasteiger partial charge in [0, 0.05) is 10.9 Å². The van der Waals surface area contributed by atoms with E-state index >= 15 is 0 Å². The van der Waals surface area contributed by atoms with Crippen molar-refractivity contribution in [3.8, 4) is 0 Å². The third-order valence-electron chi connectivity index (χ3n) is 2.49. The van der Waals surface area contributed by atoms with E-state index in [-0.39, 0.29) is 5.82 Å². The number of aromatic amines is 1. The summed E-state index contributed by atoms with van der Waals surface area (Å²) in [4.78, 5) is 14.3. The fourth-order valence-corrected chi connectivity index (χ4v) is 1.64. The number of benzene rings is 1. The Morgan fingerprint density at radius 3 is 2.94 bits per heavy atom. The number of H-pyrrole nitrogens is 1. The van der Waals surface area contributed by atoms with Gasteiger partial charge in [0.05, 0.1) is 12.1 Å². The molecule has 2 rings (SSSR count). The topological polar surface area (TPSA) is 42.1 Å². The number of nitrogens with one attached hydrogen (secondary N) is 1. The first kappa shape index (κ1) is 10.7. The van der Waals surface area contributed by atoms with Crippen molar-refractivity contribution in [3.05, 3.63) is 35.3 Å². The van der Waals surface area contributed by atoms with E-state index in [1.165, 1.54) is 6.07 Å². The Hall–Kier alpha value is -1.84. The van der Waals surface area contributed by atoms with Crippen LogP contribution < -0.4 is 0 Å². The van der Waals surface area contributed by atoms with Crippen LogP contribution in [0.2, 0.25) is 0 Å². The molecule has 1 heterocycles. The first-order valence-corrected chi connectivity index (χ1v) is 5.08. The molecule has 84 valence electrons. The molecule has 0 spiro atoms. The quantitative estimate of drug-likeness (QED) is 0.792. The molecule has 0 fully saturated rings. The Kier molecular flexibility index (Phi) is 2.64. The molecule has 4 heteroatoms. The van der Waals surface area contributed by atoms with Crippen LogP contribution in [0.1, 0.15) is 23.0 Å². The van der Waals surface area contributed by atoms with Crippen molar-refractivity contribution >= 4 is 16.9 Å². The van der Waals surface area contributed by atoms with E-state index in [1.807, 2.05) is 0 Å². The third kappa shape index (κ3) is 1.66. The third-order valence-corrected chi connectivity index (χ3v) is 2.49. The van der Waals surface area contributed by atoms with Crippen LogP contribution in [0.3, 0.4) is 0 Å². The molecule has 1 aromatic carbocycles. The Morgan fingerprint density at radius 1 is 1.50 bits per heavy atom. The number of aryl methyl sites for hydroxylation is 1. The molecule has 0 aliphatic carbocycles. The number of carbonyl (C=O) groups excluding carboxylic acids is 1. The minimum absolute atomic E-state index is 0.287. The molecule has 0 saturated heterocycles. The van der Waals surface area contributed by atoms with E-state index in [4.69, 9.17) is 4.74 Å². The lowest BCUT2D eigenvalue weighted by Gasteiger charge is -1.98. The number of fused-ring (bicyclic) bond motifs is 1. The van der Waals surface area contributed by atoms with Crippen molar-refractivity contribution < 1.29 is 13.9 Å². The van der Waals surface area contributed by atoms with Crippen LogP contribution in [0.5, 0.6) is 0 Å². The maximum atomic E-state index is 13.3. The van der Waals surface area contributed by atoms with Gasteiger partial charge in [-0.1, -0.05) is 0 Å². The van der Waals surface area contributed by atoms with Crippen LogP contribution in [-0.4, -0.2) is 17.6 Å². The number of ether oxygens (including phenoxy) is 1. The van der Waals surface area contributed by atoms with E-state index in [0.29, 0.717) is 23.4 Å². The van der Waals surface area contributed by atoms with E-state index < -0.39 is 5.97 Å². The molecule has 0 atom stereocenters. The van der Waals surface area contributed by atoms with Gasteiger partial charge in [0.25, 0.3) is 0 Å². The van der Waals surface area contributed by atoms with Crippen molar-refractivity contribution in [1.82, 2.24) is 4.98 Å². The molecular formula is C12H12FNO2. The van der Waals surface area contributed by atoms with Gasteiger partial charge in [0.15, 0.2) is 0 Å². The van der Waals surface area contributed by atoms with Crippen LogP contribution in [0, 0.1) is 12.7 Å². The van der Waals surface area contributed by atoms with Crippen LogP contribution >= 0.6 is 0 Å². The summed E-state index contributed by atoms with van der Waals surface area (Å²) >= 11 is 0. The Morgan fingerprint density at radius 2 is 2.25 bits per heavy atom. The fraction of sp³-hybridized carbons (Fsp3) is 0.250. The summed E-state index contributed by atoms with van der Waals surface area (Å²) in [7, 11) is 0. The molecule has 0 radical (unpaired) electrons. The highest BCUT2D eigenvalue weighted by atomic mass is 19.1. The standard InChI is InChI=1S/C12H12FNO2/c1-3-16-12(15)10-6-8-4-5-9(13)7(2)11(8)14-10/h4-6,14H,3H2,1-2H3. The average molecular weight is 221 g/mol. The molecule has 0 bridgehead atoms. The number of rotatable bonds is 2. The summed E-state index contributed by atoms with van der Waals surface area (Å²) < 4.78 is 18.1. The molecule has 2 aromatic rings. The minimum Gasteiger partial charge on any atom is -0.461 e. The smallest absolute Gasteiger partial charge is 0.354 e. The number of hydrogen-bond donors (Lipinski definition) is 1. The lowest BCUT2D eigenvalue weighted by Crippen LogP contribution is -2.04. The van der Waals surface area contributed by atoms with Crippen molar-refractivity contribution in [3.63, 3.8) is 0 Å². The molecule has 0 saturated carbocycles. The summed E-state index contributed by atoms with van der Waals surface area (Å²) in [6.45, 7) is 3.73. The van der Waals surface area contributed by atoms with Gasteiger partial charge in [0.2, 0.25) is 0 Å². The average Bonchev–Trinajstić information content (AvgIpc) is 2.69. The van der Waals surface area contributed by atoms with Gasteiger partial charge >= 0.3 is 5.97 Å². The van der Waals surface area contributed by atoms with Gasteiger partial charge < -0.3 is 9.72 Å². The SMILES string of the molecule is CCOC(=O)c1cc2ccc(F)c(C)c2[nH]1. The van der Waals surface area contributed by atoms with Gasteiger partial charge in [-0.25, -0.2) is 9.18 Å². The van der Waals surface area contributed by atoms with Crippen LogP contribution in [-0.2, 0) is 4.74 Å². The normalized spacial score (nSPS) is 10.7. The molecule has 16 heavy (non-hydrogen) atoms. The second kappa shape index (κ2) is 3.96. The Labute approximate surface area is 92.2 Å². The lowest BCUT2D eigenvalue weighted by molar-refractivity contribution is 0.0520. The first-order chi connectivity index (χ1) is 7.63. The van der Waals surface area contributed by atoms with Gasteiger partial charge in [-0.2, -0.15) is 0 Å². The van der Waals surface area contributed by atoms with Gasteiger partial charge in [-0.3, -0.25) is 0 Å². The maximum Gasteiger partial charge on any atom is 0.354 e. The predicted molar refractivity (Wildman–Crippen MR) is 59.0 cm³/mol. The minimum atomic E-state index is -0.418. The molecule has 1 N–H and O–H groups in total. The van der Waals surface area contributed by atoms with Crippen molar-refractivity contribution in [1.29, 1.82) is 0 Å². The zero-order valence-corrected chi connectivity index (χ0v) is 9.13.